The highest BCUT2D eigenvalue weighted by Gasteiger charge is 2.32. The summed E-state index contributed by atoms with van der Waals surface area (Å²) in [5.41, 5.74) is 1.29. The third-order valence-electron chi connectivity index (χ3n) is 3.88. The van der Waals surface area contributed by atoms with Crippen molar-refractivity contribution in [2.75, 3.05) is 13.7 Å². The largest absolute Gasteiger partial charge is 0.497 e. The molecule has 1 saturated carbocycles. The predicted octanol–water partition coefficient (Wildman–Crippen LogP) is 2.75. The molecule has 0 spiro atoms. The van der Waals surface area contributed by atoms with Gasteiger partial charge in [0, 0.05) is 12.6 Å². The second kappa shape index (κ2) is 6.40. The number of aliphatic hydroxyl groups is 1. The Kier molecular flexibility index (Phi) is 4.83. The molecule has 0 heterocycles. The molecule has 0 amide bonds. The first-order valence-electron chi connectivity index (χ1n) is 7.17. The minimum absolute atomic E-state index is 0.278. The summed E-state index contributed by atoms with van der Waals surface area (Å²) in [6.07, 6.45) is 2.28. The minimum atomic E-state index is -0.278. The van der Waals surface area contributed by atoms with E-state index in [-0.39, 0.29) is 6.10 Å². The predicted molar refractivity (Wildman–Crippen MR) is 77.3 cm³/mol. The Balaban J connectivity index is 1.99. The molecule has 19 heavy (non-hydrogen) atoms. The Morgan fingerprint density at radius 3 is 2.37 bits per heavy atom. The number of hydrogen-bond acceptors (Lipinski definition) is 3. The first-order chi connectivity index (χ1) is 9.11. The average Bonchev–Trinajstić information content (AvgIpc) is 3.24. The molecule has 0 saturated heterocycles. The van der Waals surface area contributed by atoms with Crippen LogP contribution in [0, 0.1) is 11.8 Å². The Morgan fingerprint density at radius 1 is 1.26 bits per heavy atom. The number of nitrogens with one attached hydrogen (secondary N) is 1. The van der Waals surface area contributed by atoms with Crippen LogP contribution < -0.4 is 10.1 Å². The monoisotopic (exact) mass is 263 g/mol. The lowest BCUT2D eigenvalue weighted by Crippen LogP contribution is -2.34. The van der Waals surface area contributed by atoms with Crippen LogP contribution in [-0.4, -0.2) is 24.9 Å². The smallest absolute Gasteiger partial charge is 0.118 e. The van der Waals surface area contributed by atoms with Crippen LogP contribution in [0.4, 0.5) is 0 Å². The highest BCUT2D eigenvalue weighted by molar-refractivity contribution is 5.30. The molecule has 1 aromatic carbocycles. The van der Waals surface area contributed by atoms with E-state index in [0.29, 0.717) is 24.4 Å². The van der Waals surface area contributed by atoms with Crippen LogP contribution in [0.1, 0.15) is 38.3 Å². The molecule has 1 aliphatic rings. The summed E-state index contributed by atoms with van der Waals surface area (Å²) in [7, 11) is 1.69. The molecule has 3 nitrogen and oxygen atoms in total. The number of methoxy groups -OCH3 is 1. The summed E-state index contributed by atoms with van der Waals surface area (Å²) >= 11 is 0. The fourth-order valence-corrected chi connectivity index (χ4v) is 2.28. The standard InChI is InChI=1S/C16H25NO2/c1-11(2)15(18)10-17-16(12-4-5-12)13-6-8-14(19-3)9-7-13/h6-9,11-12,15-18H,4-5,10H2,1-3H3. The summed E-state index contributed by atoms with van der Waals surface area (Å²) < 4.78 is 5.19. The number of benzene rings is 1. The molecule has 1 aliphatic carbocycles. The Labute approximate surface area is 116 Å². The van der Waals surface area contributed by atoms with Gasteiger partial charge in [-0.1, -0.05) is 26.0 Å². The van der Waals surface area contributed by atoms with E-state index in [1.807, 2.05) is 26.0 Å². The van der Waals surface area contributed by atoms with E-state index in [2.05, 4.69) is 17.4 Å². The maximum atomic E-state index is 9.92. The van der Waals surface area contributed by atoms with Gasteiger partial charge in [0.1, 0.15) is 5.75 Å². The lowest BCUT2D eigenvalue weighted by Gasteiger charge is -2.22. The first kappa shape index (κ1) is 14.4. The highest BCUT2D eigenvalue weighted by atomic mass is 16.5. The molecule has 2 atom stereocenters. The van der Waals surface area contributed by atoms with Gasteiger partial charge in [0.15, 0.2) is 0 Å². The van der Waals surface area contributed by atoms with E-state index in [0.717, 1.165) is 5.75 Å². The van der Waals surface area contributed by atoms with E-state index < -0.39 is 0 Å². The van der Waals surface area contributed by atoms with Crippen LogP contribution >= 0.6 is 0 Å². The molecule has 1 aromatic rings. The molecule has 0 aliphatic heterocycles. The molecule has 1 fully saturated rings. The van der Waals surface area contributed by atoms with Crippen molar-refractivity contribution in [2.24, 2.45) is 11.8 Å². The first-order valence-corrected chi connectivity index (χ1v) is 7.17. The van der Waals surface area contributed by atoms with Crippen LogP contribution in [0.15, 0.2) is 24.3 Å². The minimum Gasteiger partial charge on any atom is -0.497 e. The zero-order valence-corrected chi connectivity index (χ0v) is 12.1. The summed E-state index contributed by atoms with van der Waals surface area (Å²) in [6.45, 7) is 4.75. The SMILES string of the molecule is COc1ccc(C(NCC(O)C(C)C)C2CC2)cc1. The van der Waals surface area contributed by atoms with E-state index in [4.69, 9.17) is 4.74 Å². The van der Waals surface area contributed by atoms with Crippen LogP contribution in [0.25, 0.3) is 0 Å². The molecule has 2 N–H and O–H groups in total. The van der Waals surface area contributed by atoms with Crippen LogP contribution in [0.5, 0.6) is 5.75 Å². The van der Waals surface area contributed by atoms with E-state index >= 15 is 0 Å². The van der Waals surface area contributed by atoms with Gasteiger partial charge in [-0.05, 0) is 42.4 Å². The Morgan fingerprint density at radius 2 is 1.89 bits per heavy atom. The van der Waals surface area contributed by atoms with Crippen LogP contribution in [0.3, 0.4) is 0 Å². The van der Waals surface area contributed by atoms with Crippen molar-refractivity contribution in [3.8, 4) is 5.75 Å². The van der Waals surface area contributed by atoms with E-state index in [1.54, 1.807) is 7.11 Å². The molecule has 2 unspecified atom stereocenters. The molecule has 0 radical (unpaired) electrons. The summed E-state index contributed by atoms with van der Waals surface area (Å²) in [5.74, 6) is 1.90. The third kappa shape index (κ3) is 3.95. The summed E-state index contributed by atoms with van der Waals surface area (Å²) in [5, 5.41) is 13.4. The van der Waals surface area contributed by atoms with Gasteiger partial charge >= 0.3 is 0 Å². The van der Waals surface area contributed by atoms with Gasteiger partial charge in [-0.3, -0.25) is 0 Å². The van der Waals surface area contributed by atoms with Gasteiger partial charge in [-0.2, -0.15) is 0 Å². The van der Waals surface area contributed by atoms with Gasteiger partial charge in [-0.25, -0.2) is 0 Å². The van der Waals surface area contributed by atoms with Crippen molar-refractivity contribution in [2.45, 2.75) is 38.8 Å². The topological polar surface area (TPSA) is 41.5 Å². The maximum absolute atomic E-state index is 9.92. The van der Waals surface area contributed by atoms with Crippen molar-refractivity contribution in [1.29, 1.82) is 0 Å². The quantitative estimate of drug-likeness (QED) is 0.795. The van der Waals surface area contributed by atoms with Gasteiger partial charge < -0.3 is 15.2 Å². The summed E-state index contributed by atoms with van der Waals surface area (Å²) in [4.78, 5) is 0. The van der Waals surface area contributed by atoms with E-state index in [9.17, 15) is 5.11 Å². The zero-order chi connectivity index (χ0) is 13.8. The number of aliphatic hydroxyl groups excluding tert-OH is 1. The van der Waals surface area contributed by atoms with Crippen molar-refractivity contribution in [1.82, 2.24) is 5.32 Å². The van der Waals surface area contributed by atoms with Crippen molar-refractivity contribution in [3.63, 3.8) is 0 Å². The van der Waals surface area contributed by atoms with Crippen LogP contribution in [0.2, 0.25) is 0 Å². The number of ether oxygens (including phenoxy) is 1. The molecule has 3 heteroatoms. The van der Waals surface area contributed by atoms with E-state index in [1.165, 1.54) is 18.4 Å². The molecule has 2 rings (SSSR count). The summed E-state index contributed by atoms with van der Waals surface area (Å²) in [6, 6.07) is 8.61. The van der Waals surface area contributed by atoms with Gasteiger partial charge in [0.25, 0.3) is 0 Å². The van der Waals surface area contributed by atoms with Crippen molar-refractivity contribution in [3.05, 3.63) is 29.8 Å². The van der Waals surface area contributed by atoms with Gasteiger partial charge in [0.05, 0.1) is 13.2 Å². The number of rotatable bonds is 7. The molecule has 0 bridgehead atoms. The third-order valence-corrected chi connectivity index (χ3v) is 3.88. The molecular formula is C16H25NO2. The van der Waals surface area contributed by atoms with Gasteiger partial charge in [-0.15, -0.1) is 0 Å². The fourth-order valence-electron chi connectivity index (χ4n) is 2.28. The zero-order valence-electron chi connectivity index (χ0n) is 12.1. The lowest BCUT2D eigenvalue weighted by molar-refractivity contribution is 0.119. The van der Waals surface area contributed by atoms with Crippen molar-refractivity contribution >= 4 is 0 Å². The lowest BCUT2D eigenvalue weighted by atomic mass is 10.0. The Bertz CT molecular complexity index is 384. The Hall–Kier alpha value is -1.06. The second-order valence-electron chi connectivity index (χ2n) is 5.81. The fraction of sp³-hybridized carbons (Fsp3) is 0.625. The molecular weight excluding hydrogens is 238 g/mol. The normalized spacial score (nSPS) is 18.4. The molecule has 106 valence electrons. The maximum Gasteiger partial charge on any atom is 0.118 e. The van der Waals surface area contributed by atoms with Crippen molar-refractivity contribution < 1.29 is 9.84 Å². The number of hydrogen-bond donors (Lipinski definition) is 2. The average molecular weight is 263 g/mol. The van der Waals surface area contributed by atoms with Crippen LogP contribution in [-0.2, 0) is 0 Å². The second-order valence-corrected chi connectivity index (χ2v) is 5.81. The highest BCUT2D eigenvalue weighted by Crippen LogP contribution is 2.41. The molecule has 0 aromatic heterocycles. The van der Waals surface area contributed by atoms with Gasteiger partial charge in [0.2, 0.25) is 0 Å².